The molecule has 0 spiro atoms. The van der Waals surface area contributed by atoms with Crippen LogP contribution in [0.4, 0.5) is 10.1 Å². The summed E-state index contributed by atoms with van der Waals surface area (Å²) in [5.74, 6) is -3.45. The number of carbonyl (C=O) groups excluding carboxylic acids is 3. The normalized spacial score (nSPS) is 17.5. The van der Waals surface area contributed by atoms with Gasteiger partial charge in [-0.2, -0.15) is 0 Å². The highest BCUT2D eigenvalue weighted by Crippen LogP contribution is 2.25. The summed E-state index contributed by atoms with van der Waals surface area (Å²) >= 11 is 0. The molecule has 2 rings (SSSR count). The summed E-state index contributed by atoms with van der Waals surface area (Å²) in [6.45, 7) is 3.62. The fourth-order valence-corrected chi connectivity index (χ4v) is 2.96. The second-order valence-electron chi connectivity index (χ2n) is 7.05. The summed E-state index contributed by atoms with van der Waals surface area (Å²) in [6, 6.07) is 4.59. The van der Waals surface area contributed by atoms with E-state index in [0.29, 0.717) is 5.69 Å². The van der Waals surface area contributed by atoms with Crippen LogP contribution in [0.2, 0.25) is 0 Å². The van der Waals surface area contributed by atoms with Crippen LogP contribution in [0.15, 0.2) is 24.3 Å². The summed E-state index contributed by atoms with van der Waals surface area (Å²) in [5.41, 5.74) is 0.508. The van der Waals surface area contributed by atoms with Crippen molar-refractivity contribution in [2.24, 2.45) is 11.8 Å². The number of hydrogen-bond donors (Lipinski definition) is 3. The maximum absolute atomic E-state index is 13.1. The lowest BCUT2D eigenvalue weighted by Gasteiger charge is -2.23. The number of carboxylic acid groups (broad SMARTS) is 1. The Morgan fingerprint density at radius 3 is 2.46 bits per heavy atom. The average Bonchev–Trinajstić information content (AvgIpc) is 3.01. The van der Waals surface area contributed by atoms with Crippen molar-refractivity contribution in [3.8, 4) is 0 Å². The van der Waals surface area contributed by atoms with Gasteiger partial charge in [0.2, 0.25) is 17.7 Å². The molecule has 1 aromatic carbocycles. The highest BCUT2D eigenvalue weighted by atomic mass is 19.1. The van der Waals surface area contributed by atoms with Crippen LogP contribution in [-0.2, 0) is 19.2 Å². The first-order chi connectivity index (χ1) is 13.2. The summed E-state index contributed by atoms with van der Waals surface area (Å²) in [7, 11) is 0. The van der Waals surface area contributed by atoms with Crippen LogP contribution in [0.5, 0.6) is 0 Å². The lowest BCUT2D eigenvalue weighted by molar-refractivity contribution is -0.137. The van der Waals surface area contributed by atoms with Gasteiger partial charge in [-0.25, -0.2) is 4.39 Å². The smallest absolute Gasteiger partial charge is 0.305 e. The van der Waals surface area contributed by atoms with Crippen LogP contribution < -0.4 is 15.5 Å². The molecule has 152 valence electrons. The molecular formula is C19H24FN3O5. The number of amides is 3. The Kier molecular flexibility index (Phi) is 7.08. The third-order valence-corrected chi connectivity index (χ3v) is 4.52. The molecule has 0 radical (unpaired) electrons. The van der Waals surface area contributed by atoms with E-state index < -0.39 is 35.6 Å². The predicted octanol–water partition coefficient (Wildman–Crippen LogP) is 0.910. The summed E-state index contributed by atoms with van der Waals surface area (Å²) < 4.78 is 13.1. The SMILES string of the molecule is CC(C)[C@H](NC(=O)[C@H]1CC(=O)N(c2ccc(F)cc2)C1)C(=O)NCCC(=O)O. The number of halogens is 1. The first kappa shape index (κ1) is 21.3. The minimum atomic E-state index is -1.03. The Balaban J connectivity index is 1.98. The standard InChI is InChI=1S/C19H24FN3O5/c1-11(2)17(19(28)21-8-7-16(25)26)22-18(27)12-9-15(24)23(10-12)14-5-3-13(20)4-6-14/h3-6,11-12,17H,7-10H2,1-2H3,(H,21,28)(H,22,27)(H,25,26)/t12-,17-/m0/s1. The Morgan fingerprint density at radius 2 is 1.89 bits per heavy atom. The monoisotopic (exact) mass is 393 g/mol. The van der Waals surface area contributed by atoms with Crippen LogP contribution >= 0.6 is 0 Å². The first-order valence-electron chi connectivity index (χ1n) is 9.05. The zero-order valence-corrected chi connectivity index (χ0v) is 15.8. The molecule has 1 aromatic rings. The van der Waals surface area contributed by atoms with Crippen molar-refractivity contribution >= 4 is 29.4 Å². The summed E-state index contributed by atoms with van der Waals surface area (Å²) in [5, 5.41) is 13.8. The number of anilines is 1. The summed E-state index contributed by atoms with van der Waals surface area (Å²) in [6.07, 6.45) is -0.219. The van der Waals surface area contributed by atoms with Gasteiger partial charge in [0.1, 0.15) is 11.9 Å². The second kappa shape index (κ2) is 9.29. The Bertz CT molecular complexity index is 750. The minimum absolute atomic E-state index is 0.00530. The number of aliphatic carboxylic acids is 1. The van der Waals surface area contributed by atoms with Gasteiger partial charge in [0.05, 0.1) is 12.3 Å². The molecule has 1 fully saturated rings. The average molecular weight is 393 g/mol. The minimum Gasteiger partial charge on any atom is -0.481 e. The van der Waals surface area contributed by atoms with E-state index in [0.717, 1.165) is 0 Å². The molecule has 9 heteroatoms. The number of nitrogens with zero attached hydrogens (tertiary/aromatic N) is 1. The molecule has 1 heterocycles. The van der Waals surface area contributed by atoms with Gasteiger partial charge >= 0.3 is 5.97 Å². The Morgan fingerprint density at radius 1 is 1.25 bits per heavy atom. The first-order valence-corrected chi connectivity index (χ1v) is 9.05. The molecule has 0 aromatic heterocycles. The van der Waals surface area contributed by atoms with Gasteiger partial charge in [-0.15, -0.1) is 0 Å². The molecule has 0 unspecified atom stereocenters. The number of carboxylic acids is 1. The molecular weight excluding hydrogens is 369 g/mol. The van der Waals surface area contributed by atoms with Crippen LogP contribution in [0.1, 0.15) is 26.7 Å². The van der Waals surface area contributed by atoms with Gasteiger partial charge in [0.25, 0.3) is 0 Å². The summed E-state index contributed by atoms with van der Waals surface area (Å²) in [4.78, 5) is 49.1. The molecule has 0 saturated carbocycles. The van der Waals surface area contributed by atoms with Gasteiger partial charge in [0.15, 0.2) is 0 Å². The van der Waals surface area contributed by atoms with Crippen LogP contribution in [0, 0.1) is 17.7 Å². The van der Waals surface area contributed by atoms with Gasteiger partial charge in [-0.05, 0) is 30.2 Å². The lowest BCUT2D eigenvalue weighted by atomic mass is 10.0. The van der Waals surface area contributed by atoms with E-state index in [-0.39, 0.29) is 37.8 Å². The molecule has 3 N–H and O–H groups in total. The van der Waals surface area contributed by atoms with E-state index in [1.165, 1.54) is 29.2 Å². The van der Waals surface area contributed by atoms with Crippen LogP contribution in [-0.4, -0.2) is 47.9 Å². The van der Waals surface area contributed by atoms with Crippen LogP contribution in [0.25, 0.3) is 0 Å². The zero-order chi connectivity index (χ0) is 20.8. The number of rotatable bonds is 8. The number of hydrogen-bond acceptors (Lipinski definition) is 4. The maximum Gasteiger partial charge on any atom is 0.305 e. The lowest BCUT2D eigenvalue weighted by Crippen LogP contribution is -2.51. The number of nitrogens with one attached hydrogen (secondary N) is 2. The van der Waals surface area contributed by atoms with Crippen molar-refractivity contribution in [3.63, 3.8) is 0 Å². The fourth-order valence-electron chi connectivity index (χ4n) is 2.96. The van der Waals surface area contributed by atoms with Crippen molar-refractivity contribution in [2.75, 3.05) is 18.0 Å². The molecule has 8 nitrogen and oxygen atoms in total. The largest absolute Gasteiger partial charge is 0.481 e. The van der Waals surface area contributed by atoms with Crippen molar-refractivity contribution in [3.05, 3.63) is 30.1 Å². The van der Waals surface area contributed by atoms with E-state index in [2.05, 4.69) is 10.6 Å². The number of carbonyl (C=O) groups is 4. The van der Waals surface area contributed by atoms with E-state index in [4.69, 9.17) is 5.11 Å². The Hall–Kier alpha value is -2.97. The Labute approximate surface area is 162 Å². The van der Waals surface area contributed by atoms with Gasteiger partial charge < -0.3 is 20.6 Å². The third-order valence-electron chi connectivity index (χ3n) is 4.52. The van der Waals surface area contributed by atoms with Crippen molar-refractivity contribution in [1.29, 1.82) is 0 Å². The topological polar surface area (TPSA) is 116 Å². The molecule has 0 aliphatic carbocycles. The maximum atomic E-state index is 13.1. The second-order valence-corrected chi connectivity index (χ2v) is 7.05. The van der Waals surface area contributed by atoms with Gasteiger partial charge in [-0.3, -0.25) is 19.2 Å². The van der Waals surface area contributed by atoms with E-state index in [1.54, 1.807) is 13.8 Å². The molecule has 1 aliphatic heterocycles. The van der Waals surface area contributed by atoms with Crippen molar-refractivity contribution in [1.82, 2.24) is 10.6 Å². The van der Waals surface area contributed by atoms with E-state index >= 15 is 0 Å². The van der Waals surface area contributed by atoms with Gasteiger partial charge in [-0.1, -0.05) is 13.8 Å². The molecule has 3 amide bonds. The highest BCUT2D eigenvalue weighted by Gasteiger charge is 2.37. The van der Waals surface area contributed by atoms with E-state index in [9.17, 15) is 23.6 Å². The molecule has 1 aliphatic rings. The van der Waals surface area contributed by atoms with Crippen molar-refractivity contribution in [2.45, 2.75) is 32.7 Å². The van der Waals surface area contributed by atoms with E-state index in [1.807, 2.05) is 0 Å². The highest BCUT2D eigenvalue weighted by molar-refractivity contribution is 6.01. The van der Waals surface area contributed by atoms with Crippen molar-refractivity contribution < 1.29 is 28.7 Å². The third kappa shape index (κ3) is 5.51. The molecule has 2 atom stereocenters. The molecule has 28 heavy (non-hydrogen) atoms. The number of benzene rings is 1. The molecule has 1 saturated heterocycles. The zero-order valence-electron chi connectivity index (χ0n) is 15.8. The molecule has 0 bridgehead atoms. The predicted molar refractivity (Wildman–Crippen MR) is 98.9 cm³/mol. The fraction of sp³-hybridized carbons (Fsp3) is 0.474. The van der Waals surface area contributed by atoms with Gasteiger partial charge in [0, 0.05) is 25.2 Å². The quantitative estimate of drug-likeness (QED) is 0.607. The van der Waals surface area contributed by atoms with Crippen LogP contribution in [0.3, 0.4) is 0 Å².